The second kappa shape index (κ2) is 6.91. The Morgan fingerprint density at radius 2 is 2.33 bits per heavy atom. The van der Waals surface area contributed by atoms with Gasteiger partial charge in [0.1, 0.15) is 5.92 Å². The van der Waals surface area contributed by atoms with Gasteiger partial charge in [0.25, 0.3) is 0 Å². The van der Waals surface area contributed by atoms with Gasteiger partial charge in [0.2, 0.25) is 11.8 Å². The highest BCUT2D eigenvalue weighted by Gasteiger charge is 2.37. The molecule has 2 N–H and O–H groups in total. The third-order valence-corrected chi connectivity index (χ3v) is 3.83. The normalized spacial score (nSPS) is 19.7. The summed E-state index contributed by atoms with van der Waals surface area (Å²) in [6, 6.07) is 6.90. The maximum absolute atomic E-state index is 12.4. The molecule has 114 valence electrons. The summed E-state index contributed by atoms with van der Waals surface area (Å²) in [6.07, 6.45) is 0.966. The number of aliphatic hydroxyl groups excluding tert-OH is 1. The van der Waals surface area contributed by atoms with Gasteiger partial charge in [-0.05, 0) is 38.0 Å². The number of anilines is 1. The fourth-order valence-electron chi connectivity index (χ4n) is 2.43. The van der Waals surface area contributed by atoms with E-state index >= 15 is 0 Å². The minimum absolute atomic E-state index is 0.00863. The second-order valence-electron chi connectivity index (χ2n) is 5.23. The molecule has 1 fully saturated rings. The molecule has 21 heavy (non-hydrogen) atoms. The van der Waals surface area contributed by atoms with Gasteiger partial charge in [0, 0.05) is 29.9 Å². The van der Waals surface area contributed by atoms with E-state index in [1.54, 1.807) is 29.2 Å². The van der Waals surface area contributed by atoms with E-state index in [1.807, 2.05) is 6.92 Å². The summed E-state index contributed by atoms with van der Waals surface area (Å²) in [6.45, 7) is 2.32. The Morgan fingerprint density at radius 1 is 1.57 bits per heavy atom. The molecule has 0 aromatic heterocycles. The second-order valence-corrected chi connectivity index (χ2v) is 5.67. The van der Waals surface area contributed by atoms with Crippen molar-refractivity contribution in [2.75, 3.05) is 18.1 Å². The van der Waals surface area contributed by atoms with Crippen molar-refractivity contribution < 1.29 is 14.7 Å². The highest BCUT2D eigenvalue weighted by atomic mass is 35.5. The molecule has 0 saturated carbocycles. The number of benzene rings is 1. The van der Waals surface area contributed by atoms with Gasteiger partial charge in [-0.1, -0.05) is 17.7 Å². The standard InChI is InChI=1S/C15H19ClN2O3/c1-10(6-8-19)17-14(20)13-5-7-18(15(13)21)12-4-2-3-11(16)9-12/h2-4,9-10,13,19H,5-8H2,1H3,(H,17,20). The Morgan fingerprint density at radius 3 is 3.00 bits per heavy atom. The first-order valence-electron chi connectivity index (χ1n) is 7.01. The third-order valence-electron chi connectivity index (χ3n) is 3.59. The summed E-state index contributed by atoms with van der Waals surface area (Å²) in [5, 5.41) is 12.2. The van der Waals surface area contributed by atoms with Gasteiger partial charge >= 0.3 is 0 Å². The molecule has 1 aromatic carbocycles. The molecule has 1 saturated heterocycles. The molecule has 0 radical (unpaired) electrons. The van der Waals surface area contributed by atoms with E-state index in [-0.39, 0.29) is 24.5 Å². The number of hydrogen-bond acceptors (Lipinski definition) is 3. The quantitative estimate of drug-likeness (QED) is 0.811. The van der Waals surface area contributed by atoms with Crippen LogP contribution < -0.4 is 10.2 Å². The summed E-state index contributed by atoms with van der Waals surface area (Å²) in [5.74, 6) is -1.14. The summed E-state index contributed by atoms with van der Waals surface area (Å²) < 4.78 is 0. The maximum Gasteiger partial charge on any atom is 0.239 e. The van der Waals surface area contributed by atoms with Gasteiger partial charge in [-0.25, -0.2) is 0 Å². The molecule has 5 nitrogen and oxygen atoms in total. The number of nitrogens with zero attached hydrogens (tertiary/aromatic N) is 1. The molecule has 2 amide bonds. The van der Waals surface area contributed by atoms with E-state index in [4.69, 9.17) is 16.7 Å². The van der Waals surface area contributed by atoms with Crippen LogP contribution in [-0.4, -0.2) is 36.1 Å². The number of amides is 2. The lowest BCUT2D eigenvalue weighted by Gasteiger charge is -2.18. The number of rotatable bonds is 5. The first-order valence-corrected chi connectivity index (χ1v) is 7.39. The monoisotopic (exact) mass is 310 g/mol. The molecule has 0 spiro atoms. The van der Waals surface area contributed by atoms with Crippen LogP contribution in [0, 0.1) is 5.92 Å². The van der Waals surface area contributed by atoms with Crippen molar-refractivity contribution in [3.05, 3.63) is 29.3 Å². The molecule has 0 bridgehead atoms. The summed E-state index contributed by atoms with van der Waals surface area (Å²) in [4.78, 5) is 26.1. The van der Waals surface area contributed by atoms with Crippen LogP contribution in [0.4, 0.5) is 5.69 Å². The molecule has 2 atom stereocenters. The fourth-order valence-corrected chi connectivity index (χ4v) is 2.62. The average molecular weight is 311 g/mol. The Balaban J connectivity index is 2.03. The van der Waals surface area contributed by atoms with Crippen LogP contribution >= 0.6 is 11.6 Å². The smallest absolute Gasteiger partial charge is 0.239 e. The highest BCUT2D eigenvalue weighted by molar-refractivity contribution is 6.31. The number of nitrogens with one attached hydrogen (secondary N) is 1. The van der Waals surface area contributed by atoms with Crippen molar-refractivity contribution in [2.45, 2.75) is 25.8 Å². The van der Waals surface area contributed by atoms with Gasteiger partial charge < -0.3 is 15.3 Å². The molecular formula is C15H19ClN2O3. The SMILES string of the molecule is CC(CCO)NC(=O)C1CCN(c2cccc(Cl)c2)C1=O. The first kappa shape index (κ1) is 15.8. The van der Waals surface area contributed by atoms with E-state index < -0.39 is 5.92 Å². The molecule has 1 aromatic rings. The number of hydrogen-bond donors (Lipinski definition) is 2. The average Bonchev–Trinajstić information content (AvgIpc) is 2.81. The summed E-state index contributed by atoms with van der Waals surface area (Å²) >= 11 is 5.93. The molecular weight excluding hydrogens is 292 g/mol. The number of halogens is 1. The van der Waals surface area contributed by atoms with E-state index in [1.165, 1.54) is 0 Å². The van der Waals surface area contributed by atoms with Crippen molar-refractivity contribution in [3.63, 3.8) is 0 Å². The largest absolute Gasteiger partial charge is 0.396 e. The van der Waals surface area contributed by atoms with E-state index in [0.29, 0.717) is 30.1 Å². The molecule has 6 heteroatoms. The fraction of sp³-hybridized carbons (Fsp3) is 0.467. The highest BCUT2D eigenvalue weighted by Crippen LogP contribution is 2.27. The molecule has 1 aliphatic rings. The lowest BCUT2D eigenvalue weighted by atomic mass is 10.1. The summed E-state index contributed by atoms with van der Waals surface area (Å²) in [5.41, 5.74) is 0.714. The van der Waals surface area contributed by atoms with Gasteiger partial charge in [-0.2, -0.15) is 0 Å². The van der Waals surface area contributed by atoms with Gasteiger partial charge in [0.15, 0.2) is 0 Å². The molecule has 0 aliphatic carbocycles. The molecule has 2 unspecified atom stereocenters. The van der Waals surface area contributed by atoms with Crippen molar-refractivity contribution in [2.24, 2.45) is 5.92 Å². The van der Waals surface area contributed by atoms with Crippen LogP contribution in [-0.2, 0) is 9.59 Å². The number of carbonyl (C=O) groups excluding carboxylic acids is 2. The zero-order chi connectivity index (χ0) is 15.4. The Hall–Kier alpha value is -1.59. The Labute approximate surface area is 128 Å². The predicted octanol–water partition coefficient (Wildman–Crippen LogP) is 1.58. The zero-order valence-electron chi connectivity index (χ0n) is 11.9. The minimum atomic E-state index is -0.662. The minimum Gasteiger partial charge on any atom is -0.396 e. The first-order chi connectivity index (χ1) is 10.0. The van der Waals surface area contributed by atoms with Crippen LogP contribution in [0.25, 0.3) is 0 Å². The van der Waals surface area contributed by atoms with Crippen molar-refractivity contribution in [3.8, 4) is 0 Å². The summed E-state index contributed by atoms with van der Waals surface area (Å²) in [7, 11) is 0. The Kier molecular flexibility index (Phi) is 5.20. The number of carbonyl (C=O) groups is 2. The molecule has 1 aliphatic heterocycles. The van der Waals surface area contributed by atoms with Crippen LogP contribution in [0.2, 0.25) is 5.02 Å². The number of aliphatic hydroxyl groups is 1. The van der Waals surface area contributed by atoms with Crippen LogP contribution in [0.1, 0.15) is 19.8 Å². The van der Waals surface area contributed by atoms with E-state index in [2.05, 4.69) is 5.32 Å². The topological polar surface area (TPSA) is 69.6 Å². The van der Waals surface area contributed by atoms with Gasteiger partial charge in [-0.15, -0.1) is 0 Å². The lowest BCUT2D eigenvalue weighted by molar-refractivity contribution is -0.132. The Bertz CT molecular complexity index is 535. The van der Waals surface area contributed by atoms with Crippen LogP contribution in [0.15, 0.2) is 24.3 Å². The van der Waals surface area contributed by atoms with Crippen LogP contribution in [0.5, 0.6) is 0 Å². The van der Waals surface area contributed by atoms with Crippen molar-refractivity contribution in [1.82, 2.24) is 5.32 Å². The van der Waals surface area contributed by atoms with Gasteiger partial charge in [-0.3, -0.25) is 9.59 Å². The van der Waals surface area contributed by atoms with Crippen LogP contribution in [0.3, 0.4) is 0 Å². The zero-order valence-corrected chi connectivity index (χ0v) is 12.6. The maximum atomic E-state index is 12.4. The third kappa shape index (κ3) is 3.74. The van der Waals surface area contributed by atoms with Gasteiger partial charge in [0.05, 0.1) is 0 Å². The predicted molar refractivity (Wildman–Crippen MR) is 81.2 cm³/mol. The molecule has 2 rings (SSSR count). The molecule has 1 heterocycles. The van der Waals surface area contributed by atoms with E-state index in [9.17, 15) is 9.59 Å². The van der Waals surface area contributed by atoms with Crippen molar-refractivity contribution in [1.29, 1.82) is 0 Å². The van der Waals surface area contributed by atoms with Crippen molar-refractivity contribution >= 4 is 29.1 Å². The van der Waals surface area contributed by atoms with E-state index in [0.717, 1.165) is 0 Å². The lowest BCUT2D eigenvalue weighted by Crippen LogP contribution is -2.41.